The highest BCUT2D eigenvalue weighted by Crippen LogP contribution is 2.32. The van der Waals surface area contributed by atoms with Crippen molar-refractivity contribution in [2.45, 2.75) is 38.3 Å². The highest BCUT2D eigenvalue weighted by Gasteiger charge is 2.46. The van der Waals surface area contributed by atoms with Crippen LogP contribution in [-0.4, -0.2) is 43.0 Å². The Balaban J connectivity index is 1.67. The number of hydrogen-bond donors (Lipinski definition) is 1. The zero-order chi connectivity index (χ0) is 20.9. The number of amides is 2. The molecule has 0 radical (unpaired) electrons. The Labute approximate surface area is 171 Å². The first-order chi connectivity index (χ1) is 14.0. The van der Waals surface area contributed by atoms with Crippen LogP contribution in [0.15, 0.2) is 48.5 Å². The normalized spacial score (nSPS) is 18.6. The molecular formula is C23H28N2O4. The molecular weight excluding hydrogens is 368 g/mol. The quantitative estimate of drug-likeness (QED) is 0.745. The van der Waals surface area contributed by atoms with Gasteiger partial charge in [-0.1, -0.05) is 36.4 Å². The van der Waals surface area contributed by atoms with E-state index in [1.54, 1.807) is 19.1 Å². The molecule has 2 aromatic carbocycles. The molecule has 3 rings (SSSR count). The Morgan fingerprint density at radius 2 is 1.79 bits per heavy atom. The number of carbonyl (C=O) groups excluding carboxylic acids is 2. The van der Waals surface area contributed by atoms with Gasteiger partial charge in [0, 0.05) is 19.5 Å². The van der Waals surface area contributed by atoms with Crippen LogP contribution >= 0.6 is 0 Å². The summed E-state index contributed by atoms with van der Waals surface area (Å²) in [5.41, 5.74) is 1.22. The SMILES string of the molecule is COc1ccc(CCN2C(=O)CC[C@@]2(C)C(=O)NCc2ccccc2)cc1OC. The van der Waals surface area contributed by atoms with Crippen molar-refractivity contribution in [1.82, 2.24) is 10.2 Å². The Kier molecular flexibility index (Phi) is 6.42. The van der Waals surface area contributed by atoms with Crippen molar-refractivity contribution < 1.29 is 19.1 Å². The van der Waals surface area contributed by atoms with Gasteiger partial charge in [0.1, 0.15) is 5.54 Å². The molecule has 0 aromatic heterocycles. The van der Waals surface area contributed by atoms with Crippen LogP contribution in [0.2, 0.25) is 0 Å². The first kappa shape index (κ1) is 20.7. The minimum absolute atomic E-state index is 0.0165. The molecule has 1 atom stereocenters. The zero-order valence-electron chi connectivity index (χ0n) is 17.2. The Morgan fingerprint density at radius 1 is 1.07 bits per heavy atom. The van der Waals surface area contributed by atoms with Crippen LogP contribution in [0.3, 0.4) is 0 Å². The second-order valence-corrected chi connectivity index (χ2v) is 7.43. The molecule has 29 heavy (non-hydrogen) atoms. The molecule has 2 aromatic rings. The number of methoxy groups -OCH3 is 2. The number of carbonyl (C=O) groups is 2. The Morgan fingerprint density at radius 3 is 2.48 bits per heavy atom. The van der Waals surface area contributed by atoms with Crippen molar-refractivity contribution in [2.24, 2.45) is 0 Å². The van der Waals surface area contributed by atoms with Gasteiger partial charge in [0.15, 0.2) is 11.5 Å². The third-order valence-electron chi connectivity index (χ3n) is 5.58. The Bertz CT molecular complexity index is 868. The van der Waals surface area contributed by atoms with E-state index in [1.165, 1.54) is 0 Å². The molecule has 0 spiro atoms. The smallest absolute Gasteiger partial charge is 0.245 e. The van der Waals surface area contributed by atoms with Crippen LogP contribution in [0.4, 0.5) is 0 Å². The number of nitrogens with one attached hydrogen (secondary N) is 1. The maximum absolute atomic E-state index is 13.0. The Hall–Kier alpha value is -3.02. The van der Waals surface area contributed by atoms with Gasteiger partial charge in [0.05, 0.1) is 14.2 Å². The average Bonchev–Trinajstić information content (AvgIpc) is 3.05. The van der Waals surface area contributed by atoms with E-state index in [9.17, 15) is 9.59 Å². The molecule has 6 nitrogen and oxygen atoms in total. The molecule has 1 heterocycles. The fraction of sp³-hybridized carbons (Fsp3) is 0.391. The van der Waals surface area contributed by atoms with Gasteiger partial charge >= 0.3 is 0 Å². The van der Waals surface area contributed by atoms with Crippen molar-refractivity contribution in [3.8, 4) is 11.5 Å². The molecule has 0 aliphatic carbocycles. The van der Waals surface area contributed by atoms with Crippen LogP contribution in [0, 0.1) is 0 Å². The lowest BCUT2D eigenvalue weighted by atomic mass is 9.97. The van der Waals surface area contributed by atoms with Crippen molar-refractivity contribution >= 4 is 11.8 Å². The fourth-order valence-electron chi connectivity index (χ4n) is 3.75. The van der Waals surface area contributed by atoms with Crippen molar-refractivity contribution in [1.29, 1.82) is 0 Å². The number of benzene rings is 2. The summed E-state index contributed by atoms with van der Waals surface area (Å²) in [6.07, 6.45) is 1.55. The third kappa shape index (κ3) is 4.53. The molecule has 1 aliphatic rings. The predicted molar refractivity (Wildman–Crippen MR) is 111 cm³/mol. The maximum Gasteiger partial charge on any atom is 0.245 e. The standard InChI is InChI=1S/C23H28N2O4/c1-23(22(27)24-16-18-7-5-4-6-8-18)13-11-21(26)25(23)14-12-17-9-10-19(28-2)20(15-17)29-3/h4-10,15H,11-14,16H2,1-3H3,(H,24,27)/t23-/m0/s1. The van der Waals surface area contributed by atoms with Gasteiger partial charge in [0.2, 0.25) is 11.8 Å². The number of likely N-dealkylation sites (tertiary alicyclic amines) is 1. The van der Waals surface area contributed by atoms with Crippen LogP contribution in [0.5, 0.6) is 11.5 Å². The van der Waals surface area contributed by atoms with E-state index >= 15 is 0 Å². The summed E-state index contributed by atoms with van der Waals surface area (Å²) in [5.74, 6) is 1.22. The lowest BCUT2D eigenvalue weighted by molar-refractivity contribution is -0.140. The third-order valence-corrected chi connectivity index (χ3v) is 5.58. The minimum atomic E-state index is -0.831. The summed E-state index contributed by atoms with van der Waals surface area (Å²) < 4.78 is 10.6. The van der Waals surface area contributed by atoms with Gasteiger partial charge in [-0.2, -0.15) is 0 Å². The minimum Gasteiger partial charge on any atom is -0.493 e. The summed E-state index contributed by atoms with van der Waals surface area (Å²) in [6, 6.07) is 15.5. The number of nitrogens with zero attached hydrogens (tertiary/aromatic N) is 1. The topological polar surface area (TPSA) is 67.9 Å². The van der Waals surface area contributed by atoms with Gasteiger partial charge in [-0.25, -0.2) is 0 Å². The van der Waals surface area contributed by atoms with Gasteiger partial charge in [-0.15, -0.1) is 0 Å². The van der Waals surface area contributed by atoms with Gasteiger partial charge in [-0.05, 0) is 43.0 Å². The van der Waals surface area contributed by atoms with Crippen molar-refractivity contribution in [2.75, 3.05) is 20.8 Å². The molecule has 154 valence electrons. The van der Waals surface area contributed by atoms with E-state index in [-0.39, 0.29) is 11.8 Å². The summed E-state index contributed by atoms with van der Waals surface area (Å²) >= 11 is 0. The summed E-state index contributed by atoms with van der Waals surface area (Å²) in [4.78, 5) is 27.2. The van der Waals surface area contributed by atoms with E-state index in [1.807, 2.05) is 55.5 Å². The molecule has 0 unspecified atom stereocenters. The zero-order valence-corrected chi connectivity index (χ0v) is 17.2. The highest BCUT2D eigenvalue weighted by molar-refractivity contribution is 5.94. The van der Waals surface area contributed by atoms with E-state index < -0.39 is 5.54 Å². The molecule has 1 fully saturated rings. The monoisotopic (exact) mass is 396 g/mol. The van der Waals surface area contributed by atoms with Gasteiger partial charge < -0.3 is 19.7 Å². The number of ether oxygens (including phenoxy) is 2. The summed E-state index contributed by atoms with van der Waals surface area (Å²) in [7, 11) is 3.19. The summed E-state index contributed by atoms with van der Waals surface area (Å²) in [5, 5.41) is 2.99. The van der Waals surface area contributed by atoms with Crippen LogP contribution in [0.1, 0.15) is 30.9 Å². The first-order valence-electron chi connectivity index (χ1n) is 9.81. The van der Waals surface area contributed by atoms with Crippen LogP contribution < -0.4 is 14.8 Å². The number of hydrogen-bond acceptors (Lipinski definition) is 4. The predicted octanol–water partition coefficient (Wildman–Crippen LogP) is 2.94. The fourth-order valence-corrected chi connectivity index (χ4v) is 3.75. The highest BCUT2D eigenvalue weighted by atomic mass is 16.5. The second kappa shape index (κ2) is 8.99. The van der Waals surface area contributed by atoms with E-state index in [0.717, 1.165) is 11.1 Å². The van der Waals surface area contributed by atoms with Gasteiger partial charge in [0.25, 0.3) is 0 Å². The second-order valence-electron chi connectivity index (χ2n) is 7.43. The summed E-state index contributed by atoms with van der Waals surface area (Å²) in [6.45, 7) is 2.78. The van der Waals surface area contributed by atoms with E-state index in [2.05, 4.69) is 5.32 Å². The molecule has 0 bridgehead atoms. The van der Waals surface area contributed by atoms with Crippen molar-refractivity contribution in [3.05, 3.63) is 59.7 Å². The largest absolute Gasteiger partial charge is 0.493 e. The first-order valence-corrected chi connectivity index (χ1v) is 9.81. The molecule has 1 aliphatic heterocycles. The van der Waals surface area contributed by atoms with E-state index in [0.29, 0.717) is 43.9 Å². The van der Waals surface area contributed by atoms with Crippen LogP contribution in [-0.2, 0) is 22.6 Å². The van der Waals surface area contributed by atoms with Crippen molar-refractivity contribution in [3.63, 3.8) is 0 Å². The molecule has 0 saturated carbocycles. The lowest BCUT2D eigenvalue weighted by Crippen LogP contribution is -2.54. The van der Waals surface area contributed by atoms with E-state index in [4.69, 9.17) is 9.47 Å². The molecule has 2 amide bonds. The maximum atomic E-state index is 13.0. The number of rotatable bonds is 8. The average molecular weight is 396 g/mol. The van der Waals surface area contributed by atoms with Gasteiger partial charge in [-0.3, -0.25) is 9.59 Å². The molecule has 1 saturated heterocycles. The molecule has 6 heteroatoms. The molecule has 1 N–H and O–H groups in total. The lowest BCUT2D eigenvalue weighted by Gasteiger charge is -2.34. The van der Waals surface area contributed by atoms with Crippen LogP contribution in [0.25, 0.3) is 0 Å².